The molecule has 0 aliphatic carbocycles. The van der Waals surface area contributed by atoms with Gasteiger partial charge in [0, 0.05) is 34.6 Å². The Bertz CT molecular complexity index is 1020. The zero-order chi connectivity index (χ0) is 17.7. The molecule has 3 aromatic rings. The quantitative estimate of drug-likeness (QED) is 0.638. The highest BCUT2D eigenvalue weighted by molar-refractivity contribution is 5.97. The molecule has 130 valence electrons. The summed E-state index contributed by atoms with van der Waals surface area (Å²) in [5.41, 5.74) is 5.98. The van der Waals surface area contributed by atoms with Crippen LogP contribution in [0.1, 0.15) is 42.1 Å². The number of aromatic amines is 1. The number of hydrogen-bond acceptors (Lipinski definition) is 1. The third kappa shape index (κ3) is 2.16. The summed E-state index contributed by atoms with van der Waals surface area (Å²) < 4.78 is 0. The van der Waals surface area contributed by atoms with Crippen molar-refractivity contribution in [3.05, 3.63) is 83.1 Å². The van der Waals surface area contributed by atoms with E-state index in [1.165, 1.54) is 27.7 Å². The van der Waals surface area contributed by atoms with Crippen LogP contribution in [0.5, 0.6) is 0 Å². The maximum absolute atomic E-state index is 13.2. The van der Waals surface area contributed by atoms with Crippen LogP contribution < -0.4 is 0 Å². The van der Waals surface area contributed by atoms with Gasteiger partial charge >= 0.3 is 0 Å². The number of allylic oxidation sites excluding steroid dienone is 1. The fourth-order valence-corrected chi connectivity index (χ4v) is 4.80. The molecule has 0 radical (unpaired) electrons. The number of nitrogens with zero attached hydrogens (tertiary/aromatic N) is 1. The summed E-state index contributed by atoms with van der Waals surface area (Å²) in [6, 6.07) is 19.1. The van der Waals surface area contributed by atoms with Crippen molar-refractivity contribution in [3.8, 4) is 0 Å². The monoisotopic (exact) mass is 342 g/mol. The van der Waals surface area contributed by atoms with Crippen molar-refractivity contribution in [1.29, 1.82) is 0 Å². The minimum Gasteiger partial charge on any atom is -0.356 e. The number of hydrogen-bond donors (Lipinski definition) is 1. The summed E-state index contributed by atoms with van der Waals surface area (Å²) in [6.45, 7) is 2.79. The van der Waals surface area contributed by atoms with Crippen LogP contribution in [0.15, 0.2) is 66.2 Å². The number of benzene rings is 2. The number of para-hydroxylation sites is 1. The summed E-state index contributed by atoms with van der Waals surface area (Å²) in [7, 11) is 0. The normalized spacial score (nSPS) is 24.0. The fourth-order valence-electron chi connectivity index (χ4n) is 4.80. The van der Waals surface area contributed by atoms with Crippen LogP contribution in [-0.2, 0) is 11.2 Å². The molecule has 2 aromatic carbocycles. The van der Waals surface area contributed by atoms with Gasteiger partial charge in [0.05, 0.1) is 6.04 Å². The molecule has 0 saturated carbocycles. The molecule has 1 N–H and O–H groups in total. The van der Waals surface area contributed by atoms with E-state index in [0.29, 0.717) is 0 Å². The Labute approximate surface area is 153 Å². The van der Waals surface area contributed by atoms with Gasteiger partial charge in [-0.15, -0.1) is 0 Å². The Kier molecular flexibility index (Phi) is 3.49. The van der Waals surface area contributed by atoms with Crippen molar-refractivity contribution < 1.29 is 4.79 Å². The van der Waals surface area contributed by atoms with Gasteiger partial charge in [-0.05, 0) is 37.0 Å². The van der Waals surface area contributed by atoms with Crippen LogP contribution >= 0.6 is 0 Å². The summed E-state index contributed by atoms with van der Waals surface area (Å²) in [5.74, 6) is 0.356. The number of carbonyl (C=O) groups excluding carboxylic acids is 1. The second kappa shape index (κ2) is 5.87. The topological polar surface area (TPSA) is 36.1 Å². The molecule has 26 heavy (non-hydrogen) atoms. The molecule has 0 unspecified atom stereocenters. The maximum atomic E-state index is 13.2. The third-order valence-electron chi connectivity index (χ3n) is 6.01. The van der Waals surface area contributed by atoms with Gasteiger partial charge in [0.15, 0.2) is 0 Å². The summed E-state index contributed by atoms with van der Waals surface area (Å²) in [6.07, 6.45) is 3.88. The van der Waals surface area contributed by atoms with E-state index in [4.69, 9.17) is 0 Å². The molecular formula is C23H22N2O. The number of fused-ring (bicyclic) bond motifs is 5. The highest BCUT2D eigenvalue weighted by Gasteiger charge is 2.42. The molecule has 0 bridgehead atoms. The molecule has 2 atom stereocenters. The average Bonchev–Trinajstić information content (AvgIpc) is 3.07. The third-order valence-corrected chi connectivity index (χ3v) is 6.01. The second-order valence-corrected chi connectivity index (χ2v) is 7.27. The van der Waals surface area contributed by atoms with Crippen LogP contribution in [-0.4, -0.2) is 22.3 Å². The van der Waals surface area contributed by atoms with Crippen molar-refractivity contribution in [2.75, 3.05) is 6.54 Å². The molecule has 3 heterocycles. The van der Waals surface area contributed by atoms with E-state index in [9.17, 15) is 4.79 Å². The lowest BCUT2D eigenvalue weighted by Crippen LogP contribution is -2.46. The van der Waals surface area contributed by atoms with E-state index >= 15 is 0 Å². The Morgan fingerprint density at radius 2 is 1.85 bits per heavy atom. The molecule has 0 spiro atoms. The minimum absolute atomic E-state index is 0.132. The van der Waals surface area contributed by atoms with E-state index < -0.39 is 0 Å². The van der Waals surface area contributed by atoms with Gasteiger partial charge in [-0.3, -0.25) is 4.79 Å². The number of carbonyl (C=O) groups is 1. The number of nitrogens with one attached hydrogen (secondary N) is 1. The first-order chi connectivity index (χ1) is 12.8. The zero-order valence-electron chi connectivity index (χ0n) is 14.9. The highest BCUT2D eigenvalue weighted by Crippen LogP contribution is 2.46. The number of rotatable bonds is 1. The fraction of sp³-hybridized carbons (Fsp3) is 0.261. The SMILES string of the molecule is C/C=C1/C(=O)N2CCc3c([nH]c4ccccc34)[C@@H]2C[C@H]1c1ccccc1. The van der Waals surface area contributed by atoms with Gasteiger partial charge in [-0.2, -0.15) is 0 Å². The minimum atomic E-state index is 0.132. The largest absolute Gasteiger partial charge is 0.356 e. The number of aromatic nitrogens is 1. The van der Waals surface area contributed by atoms with Crippen LogP contribution in [0.3, 0.4) is 0 Å². The van der Waals surface area contributed by atoms with Crippen molar-refractivity contribution in [2.45, 2.75) is 31.7 Å². The lowest BCUT2D eigenvalue weighted by Gasteiger charge is -2.43. The van der Waals surface area contributed by atoms with Gasteiger partial charge in [-0.1, -0.05) is 54.6 Å². The van der Waals surface area contributed by atoms with E-state index in [1.807, 2.05) is 19.1 Å². The smallest absolute Gasteiger partial charge is 0.250 e. The zero-order valence-corrected chi connectivity index (χ0v) is 14.9. The summed E-state index contributed by atoms with van der Waals surface area (Å²) in [4.78, 5) is 18.9. The highest BCUT2D eigenvalue weighted by atomic mass is 16.2. The number of piperidine rings is 1. The molecule has 1 saturated heterocycles. The standard InChI is InChI=1S/C23H22N2O/c1-2-16-19(15-8-4-3-5-9-15)14-21-22-18(12-13-25(21)23(16)26)17-10-6-7-11-20(17)24-22/h2-11,19,21,24H,12-14H2,1H3/b16-2+/t19-,21-/m0/s1. The Balaban J connectivity index is 1.63. The first kappa shape index (κ1) is 15.4. The molecule has 3 heteroatoms. The second-order valence-electron chi connectivity index (χ2n) is 7.27. The van der Waals surface area contributed by atoms with Gasteiger partial charge < -0.3 is 9.88 Å². The first-order valence-electron chi connectivity index (χ1n) is 9.39. The number of amides is 1. The maximum Gasteiger partial charge on any atom is 0.250 e. The van der Waals surface area contributed by atoms with Crippen molar-refractivity contribution in [2.24, 2.45) is 0 Å². The molecule has 1 aromatic heterocycles. The van der Waals surface area contributed by atoms with Gasteiger partial charge in [0.1, 0.15) is 0 Å². The van der Waals surface area contributed by atoms with Crippen LogP contribution in [0.4, 0.5) is 0 Å². The van der Waals surface area contributed by atoms with E-state index in [-0.39, 0.29) is 17.9 Å². The van der Waals surface area contributed by atoms with Gasteiger partial charge in [0.25, 0.3) is 5.91 Å². The van der Waals surface area contributed by atoms with Crippen molar-refractivity contribution in [1.82, 2.24) is 9.88 Å². The predicted octanol–water partition coefficient (Wildman–Crippen LogP) is 4.73. The van der Waals surface area contributed by atoms with E-state index in [2.05, 4.69) is 58.4 Å². The Hall–Kier alpha value is -2.81. The molecular weight excluding hydrogens is 320 g/mol. The molecule has 1 fully saturated rings. The Morgan fingerprint density at radius 3 is 2.65 bits per heavy atom. The lowest BCUT2D eigenvalue weighted by atomic mass is 9.78. The summed E-state index contributed by atoms with van der Waals surface area (Å²) >= 11 is 0. The van der Waals surface area contributed by atoms with Gasteiger partial charge in [0.2, 0.25) is 0 Å². The molecule has 3 nitrogen and oxygen atoms in total. The van der Waals surface area contributed by atoms with Crippen LogP contribution in [0, 0.1) is 0 Å². The lowest BCUT2D eigenvalue weighted by molar-refractivity contribution is -0.132. The molecule has 2 aliphatic heterocycles. The van der Waals surface area contributed by atoms with Crippen molar-refractivity contribution in [3.63, 3.8) is 0 Å². The molecule has 2 aliphatic rings. The average molecular weight is 342 g/mol. The number of H-pyrrole nitrogens is 1. The predicted molar refractivity (Wildman–Crippen MR) is 104 cm³/mol. The first-order valence-corrected chi connectivity index (χ1v) is 9.39. The summed E-state index contributed by atoms with van der Waals surface area (Å²) in [5, 5.41) is 1.31. The molecule has 5 rings (SSSR count). The van der Waals surface area contributed by atoms with Gasteiger partial charge in [-0.25, -0.2) is 0 Å². The Morgan fingerprint density at radius 1 is 1.08 bits per heavy atom. The van der Waals surface area contributed by atoms with E-state index in [0.717, 1.165) is 25.0 Å². The van der Waals surface area contributed by atoms with Crippen molar-refractivity contribution >= 4 is 16.8 Å². The van der Waals surface area contributed by atoms with Crippen LogP contribution in [0.2, 0.25) is 0 Å². The van der Waals surface area contributed by atoms with E-state index in [1.54, 1.807) is 0 Å². The molecule has 1 amide bonds. The van der Waals surface area contributed by atoms with Crippen LogP contribution in [0.25, 0.3) is 10.9 Å².